The molecule has 0 aromatic heterocycles. The number of nitrogens with zero attached hydrogens (tertiary/aromatic N) is 1. The monoisotopic (exact) mass is 561 g/mol. The maximum Gasteiger partial charge on any atom is 0.231 e. The zero-order valence-electron chi connectivity index (χ0n) is 23.0. The van der Waals surface area contributed by atoms with Crippen molar-refractivity contribution in [3.05, 3.63) is 106 Å². The van der Waals surface area contributed by atoms with Gasteiger partial charge in [0.15, 0.2) is 0 Å². The van der Waals surface area contributed by atoms with Gasteiger partial charge in [-0.05, 0) is 79.5 Å². The number of Topliss-reactive ketones (excluding diaryl/α,β-unsaturated/α-hetero) is 1. The molecule has 40 heavy (non-hydrogen) atoms. The lowest BCUT2D eigenvalue weighted by Crippen LogP contribution is -2.52. The third-order valence-corrected chi connectivity index (χ3v) is 8.92. The molecule has 3 aromatic rings. The number of hydrogen-bond acceptors (Lipinski definition) is 4. The Bertz CT molecular complexity index is 1310. The molecule has 0 spiro atoms. The smallest absolute Gasteiger partial charge is 0.231 e. The van der Waals surface area contributed by atoms with Gasteiger partial charge in [0.25, 0.3) is 0 Å². The summed E-state index contributed by atoms with van der Waals surface area (Å²) in [6.07, 6.45) is 3.23. The summed E-state index contributed by atoms with van der Waals surface area (Å²) < 4.78 is 13.3. The van der Waals surface area contributed by atoms with Crippen molar-refractivity contribution in [3.63, 3.8) is 0 Å². The summed E-state index contributed by atoms with van der Waals surface area (Å²) in [6.45, 7) is 5.09. The van der Waals surface area contributed by atoms with Gasteiger partial charge in [0.2, 0.25) is 5.91 Å². The molecule has 2 fully saturated rings. The molecule has 0 radical (unpaired) electrons. The number of benzene rings is 3. The lowest BCUT2D eigenvalue weighted by molar-refractivity contribution is -0.124. The maximum atomic E-state index is 13.7. The molecule has 1 heterocycles. The molecule has 2 aliphatic rings. The van der Waals surface area contributed by atoms with Crippen LogP contribution in [0.4, 0.5) is 4.39 Å². The van der Waals surface area contributed by atoms with Crippen molar-refractivity contribution in [2.24, 2.45) is 5.92 Å². The second kappa shape index (κ2) is 12.2. The zero-order chi connectivity index (χ0) is 28.2. The van der Waals surface area contributed by atoms with Gasteiger partial charge in [-0.3, -0.25) is 9.59 Å². The predicted molar refractivity (Wildman–Crippen MR) is 157 cm³/mol. The summed E-state index contributed by atoms with van der Waals surface area (Å²) in [4.78, 5) is 27.9. The van der Waals surface area contributed by atoms with Crippen LogP contribution in [0.2, 0.25) is 5.02 Å². The van der Waals surface area contributed by atoms with E-state index in [-0.39, 0.29) is 29.0 Å². The summed E-state index contributed by atoms with van der Waals surface area (Å²) in [5.74, 6) is 0.118. The van der Waals surface area contributed by atoms with E-state index >= 15 is 0 Å². The van der Waals surface area contributed by atoms with Crippen molar-refractivity contribution in [2.75, 3.05) is 32.7 Å². The van der Waals surface area contributed by atoms with Gasteiger partial charge in [-0.25, -0.2) is 4.39 Å². The Morgan fingerprint density at radius 1 is 0.950 bits per heavy atom. The molecule has 1 amide bonds. The molecule has 1 aliphatic carbocycles. The molecule has 1 saturated heterocycles. The fourth-order valence-corrected chi connectivity index (χ4v) is 6.36. The van der Waals surface area contributed by atoms with Crippen LogP contribution in [0.1, 0.15) is 42.9 Å². The first-order valence-corrected chi connectivity index (χ1v) is 14.5. The molecule has 5 rings (SSSR count). The van der Waals surface area contributed by atoms with Crippen LogP contribution in [0.3, 0.4) is 0 Å². The van der Waals surface area contributed by atoms with E-state index < -0.39 is 5.41 Å². The van der Waals surface area contributed by atoms with Gasteiger partial charge in [-0.1, -0.05) is 66.2 Å². The van der Waals surface area contributed by atoms with E-state index in [9.17, 15) is 14.0 Å². The van der Waals surface area contributed by atoms with Crippen LogP contribution < -0.4 is 10.6 Å². The molecular weight excluding hydrogens is 525 g/mol. The minimum atomic E-state index is -0.575. The normalized spacial score (nSPS) is 22.0. The minimum Gasteiger partial charge on any atom is -0.355 e. The lowest BCUT2D eigenvalue weighted by Gasteiger charge is -2.43. The first-order chi connectivity index (χ1) is 19.3. The molecule has 0 bridgehead atoms. The predicted octanol–water partition coefficient (Wildman–Crippen LogP) is 5.27. The van der Waals surface area contributed by atoms with Gasteiger partial charge in [0.1, 0.15) is 11.6 Å². The van der Waals surface area contributed by atoms with Crippen molar-refractivity contribution in [1.82, 2.24) is 15.5 Å². The fraction of sp³-hybridized carbons (Fsp3) is 0.394. The number of halogens is 2. The standard InChI is InChI=1S/C33H37ClFN3O2/c1-24(39)22-37-32(26-5-3-2-4-6-26)16-19-38(20-17-32)23-28-21-33(28,27-9-11-29(34)12-10-27)31(40)36-18-15-25-7-13-30(35)14-8-25/h2-14,28,37H,15-23H2,1H3,(H,36,40)/t28-,33+/m0/s1. The highest BCUT2D eigenvalue weighted by molar-refractivity contribution is 6.30. The average molecular weight is 562 g/mol. The summed E-state index contributed by atoms with van der Waals surface area (Å²) >= 11 is 6.18. The second-order valence-electron chi connectivity index (χ2n) is 11.3. The van der Waals surface area contributed by atoms with Gasteiger partial charge in [0, 0.05) is 36.7 Å². The maximum absolute atomic E-state index is 13.7. The Balaban J connectivity index is 1.25. The summed E-state index contributed by atoms with van der Waals surface area (Å²) in [6, 6.07) is 24.5. The summed E-state index contributed by atoms with van der Waals surface area (Å²) in [5.41, 5.74) is 2.41. The lowest BCUT2D eigenvalue weighted by atomic mass is 9.80. The van der Waals surface area contributed by atoms with E-state index in [0.29, 0.717) is 24.5 Å². The first-order valence-electron chi connectivity index (χ1n) is 14.1. The molecule has 2 atom stereocenters. The third-order valence-electron chi connectivity index (χ3n) is 8.67. The van der Waals surface area contributed by atoms with Crippen molar-refractivity contribution in [3.8, 4) is 0 Å². The van der Waals surface area contributed by atoms with Gasteiger partial charge in [-0.2, -0.15) is 0 Å². The number of rotatable bonds is 11. The number of hydrogen-bond donors (Lipinski definition) is 2. The van der Waals surface area contributed by atoms with Crippen LogP contribution in [0.25, 0.3) is 0 Å². The number of piperidine rings is 1. The summed E-state index contributed by atoms with van der Waals surface area (Å²) in [7, 11) is 0. The number of ketones is 1. The Labute approximate surface area is 241 Å². The number of nitrogens with one attached hydrogen (secondary N) is 2. The first kappa shape index (κ1) is 28.5. The van der Waals surface area contributed by atoms with Gasteiger partial charge in [0.05, 0.1) is 12.0 Å². The Kier molecular flexibility index (Phi) is 8.69. The quantitative estimate of drug-likeness (QED) is 0.335. The van der Waals surface area contributed by atoms with Crippen LogP contribution in [0.5, 0.6) is 0 Å². The molecular formula is C33H37ClFN3O2. The highest BCUT2D eigenvalue weighted by Crippen LogP contribution is 2.55. The average Bonchev–Trinajstić information content (AvgIpc) is 3.69. The minimum absolute atomic E-state index is 0.0423. The number of likely N-dealkylation sites (tertiary alicyclic amines) is 1. The van der Waals surface area contributed by atoms with Crippen molar-refractivity contribution in [1.29, 1.82) is 0 Å². The van der Waals surface area contributed by atoms with Crippen LogP contribution in [0.15, 0.2) is 78.9 Å². The topological polar surface area (TPSA) is 61.4 Å². The van der Waals surface area contributed by atoms with Gasteiger partial charge >= 0.3 is 0 Å². The largest absolute Gasteiger partial charge is 0.355 e. The fourth-order valence-electron chi connectivity index (χ4n) is 6.24. The van der Waals surface area contributed by atoms with E-state index in [1.807, 2.05) is 30.3 Å². The van der Waals surface area contributed by atoms with E-state index in [1.165, 1.54) is 17.7 Å². The van der Waals surface area contributed by atoms with Crippen LogP contribution in [-0.2, 0) is 27.0 Å². The highest BCUT2D eigenvalue weighted by atomic mass is 35.5. The highest BCUT2D eigenvalue weighted by Gasteiger charge is 2.61. The van der Waals surface area contributed by atoms with E-state index in [0.717, 1.165) is 50.0 Å². The summed E-state index contributed by atoms with van der Waals surface area (Å²) in [5, 5.41) is 7.39. The van der Waals surface area contributed by atoms with Crippen LogP contribution >= 0.6 is 11.6 Å². The number of amides is 1. The molecule has 7 heteroatoms. The SMILES string of the molecule is CC(=O)CNC1(c2ccccc2)CCN(C[C@@H]2C[C@@]2(C(=O)NCCc2ccc(F)cc2)c2ccc(Cl)cc2)CC1. The second-order valence-corrected chi connectivity index (χ2v) is 11.8. The van der Waals surface area contributed by atoms with Crippen molar-refractivity contribution >= 4 is 23.3 Å². The molecule has 1 aliphatic heterocycles. The van der Waals surface area contributed by atoms with Crippen molar-refractivity contribution in [2.45, 2.75) is 43.6 Å². The van der Waals surface area contributed by atoms with Gasteiger partial charge < -0.3 is 15.5 Å². The van der Waals surface area contributed by atoms with E-state index in [2.05, 4.69) is 39.8 Å². The Morgan fingerprint density at radius 3 is 2.27 bits per heavy atom. The zero-order valence-corrected chi connectivity index (χ0v) is 23.7. The van der Waals surface area contributed by atoms with Gasteiger partial charge in [-0.15, -0.1) is 0 Å². The molecule has 3 aromatic carbocycles. The third kappa shape index (κ3) is 6.30. The van der Waals surface area contributed by atoms with Crippen molar-refractivity contribution < 1.29 is 14.0 Å². The molecule has 1 saturated carbocycles. The van der Waals surface area contributed by atoms with Crippen LogP contribution in [0, 0.1) is 11.7 Å². The number of carbonyl (C=O) groups excluding carboxylic acids is 2. The molecule has 2 N–H and O–H groups in total. The molecule has 5 nitrogen and oxygen atoms in total. The Hall–Kier alpha value is -3.06. The van der Waals surface area contributed by atoms with E-state index in [4.69, 9.17) is 11.6 Å². The molecule has 0 unspecified atom stereocenters. The van der Waals surface area contributed by atoms with E-state index in [1.54, 1.807) is 19.1 Å². The molecule has 210 valence electrons. The number of carbonyl (C=O) groups is 2. The van der Waals surface area contributed by atoms with Crippen LogP contribution in [-0.4, -0.2) is 49.3 Å². The Morgan fingerprint density at radius 2 is 1.62 bits per heavy atom.